The molecule has 1 rings (SSSR count). The number of hydrogen-bond donors (Lipinski definition) is 1. The normalized spacial score (nSPS) is 8.69. The Kier molecular flexibility index (Phi) is 5.05. The largest absolute Gasteiger partial charge is 0.308 e. The summed E-state index contributed by atoms with van der Waals surface area (Å²) < 4.78 is 0. The highest BCUT2D eigenvalue weighted by atomic mass is 14.3. The monoisotopic (exact) mass is 177 g/mol. The van der Waals surface area contributed by atoms with Gasteiger partial charge in [-0.15, -0.1) is 0 Å². The summed E-state index contributed by atoms with van der Waals surface area (Å²) in [6.07, 6.45) is 1.40. The number of nitrogens with one attached hydrogen (secondary N) is 1. The zero-order valence-corrected chi connectivity index (χ0v) is 9.23. The minimum Gasteiger partial charge on any atom is -0.308 e. The van der Waals surface area contributed by atoms with E-state index in [0.29, 0.717) is 0 Å². The fourth-order valence-corrected chi connectivity index (χ4v) is 1.14. The highest BCUT2D eigenvalue weighted by molar-refractivity contribution is 5.79. The summed E-state index contributed by atoms with van der Waals surface area (Å²) in [6.45, 7) is 10.2. The van der Waals surface area contributed by atoms with Crippen molar-refractivity contribution in [3.63, 3.8) is 0 Å². The van der Waals surface area contributed by atoms with E-state index in [1.807, 2.05) is 20.8 Å². The molecular weight excluding hydrogens is 158 g/mol. The van der Waals surface area contributed by atoms with Gasteiger partial charge in [-0.3, -0.25) is 0 Å². The molecule has 1 aromatic carbocycles. The van der Waals surface area contributed by atoms with E-state index >= 15 is 0 Å². The van der Waals surface area contributed by atoms with E-state index in [1.165, 1.54) is 22.9 Å². The summed E-state index contributed by atoms with van der Waals surface area (Å²) in [6, 6.07) is 4.17. The van der Waals surface area contributed by atoms with Crippen LogP contribution in [0, 0.1) is 26.2 Å². The van der Waals surface area contributed by atoms with Crippen molar-refractivity contribution in [1.82, 2.24) is 0 Å². The summed E-state index contributed by atoms with van der Waals surface area (Å²) in [4.78, 5) is 0. The first-order chi connectivity index (χ1) is 6.15. The summed E-state index contributed by atoms with van der Waals surface area (Å²) in [5.74, 6) is 0. The van der Waals surface area contributed by atoms with Crippen molar-refractivity contribution in [1.29, 1.82) is 5.41 Å². The van der Waals surface area contributed by atoms with Crippen molar-refractivity contribution >= 4 is 6.21 Å². The van der Waals surface area contributed by atoms with Gasteiger partial charge >= 0.3 is 0 Å². The molecule has 0 aliphatic carbocycles. The third-order valence-corrected chi connectivity index (χ3v) is 2.04. The predicted molar refractivity (Wildman–Crippen MR) is 59.9 cm³/mol. The van der Waals surface area contributed by atoms with Crippen molar-refractivity contribution in [3.05, 3.63) is 34.4 Å². The minimum atomic E-state index is 1.02. The molecule has 13 heavy (non-hydrogen) atoms. The molecule has 0 saturated heterocycles. The Morgan fingerprint density at radius 1 is 0.923 bits per heavy atom. The second kappa shape index (κ2) is 5.52. The lowest BCUT2D eigenvalue weighted by atomic mass is 10.0. The third-order valence-electron chi connectivity index (χ3n) is 2.04. The highest BCUT2D eigenvalue weighted by Crippen LogP contribution is 2.12. The Morgan fingerprint density at radius 3 is 1.85 bits per heavy atom. The van der Waals surface area contributed by atoms with E-state index < -0.39 is 0 Å². The first-order valence-corrected chi connectivity index (χ1v) is 4.73. The average molecular weight is 177 g/mol. The van der Waals surface area contributed by atoms with Crippen LogP contribution in [0.4, 0.5) is 0 Å². The maximum atomic E-state index is 7.13. The van der Waals surface area contributed by atoms with E-state index in [1.54, 1.807) is 0 Å². The fraction of sp³-hybridized carbons (Fsp3) is 0.417. The van der Waals surface area contributed by atoms with Crippen LogP contribution < -0.4 is 0 Å². The Balaban J connectivity index is 0.000000671. The molecule has 0 saturated carbocycles. The van der Waals surface area contributed by atoms with Crippen LogP contribution in [0.3, 0.4) is 0 Å². The Morgan fingerprint density at radius 2 is 1.38 bits per heavy atom. The van der Waals surface area contributed by atoms with Crippen LogP contribution in [-0.2, 0) is 0 Å². The maximum absolute atomic E-state index is 7.13. The van der Waals surface area contributed by atoms with Crippen LogP contribution in [0.2, 0.25) is 0 Å². The van der Waals surface area contributed by atoms with Crippen LogP contribution >= 0.6 is 0 Å². The fourth-order valence-electron chi connectivity index (χ4n) is 1.14. The van der Waals surface area contributed by atoms with Gasteiger partial charge in [0.2, 0.25) is 0 Å². The lowest BCUT2D eigenvalue weighted by molar-refractivity contribution is 1.29. The van der Waals surface area contributed by atoms with Gasteiger partial charge in [-0.25, -0.2) is 0 Å². The zero-order valence-electron chi connectivity index (χ0n) is 9.23. The molecule has 0 spiro atoms. The van der Waals surface area contributed by atoms with Crippen LogP contribution in [0.5, 0.6) is 0 Å². The molecule has 0 unspecified atom stereocenters. The Bertz CT molecular complexity index is 287. The first-order valence-electron chi connectivity index (χ1n) is 4.73. The molecule has 0 bridgehead atoms. The van der Waals surface area contributed by atoms with Crippen molar-refractivity contribution in [3.8, 4) is 0 Å². The molecule has 1 heteroatoms. The van der Waals surface area contributed by atoms with E-state index in [4.69, 9.17) is 5.41 Å². The maximum Gasteiger partial charge on any atom is 0.0253 e. The van der Waals surface area contributed by atoms with Crippen LogP contribution in [0.15, 0.2) is 12.1 Å². The lowest BCUT2D eigenvalue weighted by Gasteiger charge is -2.04. The van der Waals surface area contributed by atoms with E-state index in [9.17, 15) is 0 Å². The van der Waals surface area contributed by atoms with Gasteiger partial charge in [0.15, 0.2) is 0 Å². The van der Waals surface area contributed by atoms with Crippen LogP contribution in [-0.4, -0.2) is 6.21 Å². The Labute approximate surface area is 81.3 Å². The van der Waals surface area contributed by atoms with Gasteiger partial charge in [0, 0.05) is 6.21 Å². The van der Waals surface area contributed by atoms with Crippen molar-refractivity contribution in [2.45, 2.75) is 34.6 Å². The number of rotatable bonds is 1. The number of benzene rings is 1. The summed E-state index contributed by atoms with van der Waals surface area (Å²) in [5, 5.41) is 7.13. The summed E-state index contributed by atoms with van der Waals surface area (Å²) in [5.41, 5.74) is 4.76. The summed E-state index contributed by atoms with van der Waals surface area (Å²) >= 11 is 0. The molecule has 0 fully saturated rings. The molecule has 1 N–H and O–H groups in total. The molecular formula is C12H19N. The zero-order chi connectivity index (χ0) is 10.4. The summed E-state index contributed by atoms with van der Waals surface area (Å²) in [7, 11) is 0. The molecule has 0 radical (unpaired) electrons. The molecule has 0 aliphatic heterocycles. The van der Waals surface area contributed by atoms with Crippen LogP contribution in [0.25, 0.3) is 0 Å². The molecule has 1 aromatic rings. The van der Waals surface area contributed by atoms with E-state index in [2.05, 4.69) is 26.0 Å². The standard InChI is InChI=1S/C10H13N.C2H6/c1-7-4-9(3)10(6-11)5-8(7)2;1-2/h4-6,11H,1-3H3;1-2H3. The molecule has 0 heterocycles. The average Bonchev–Trinajstić information content (AvgIpc) is 2.15. The van der Waals surface area contributed by atoms with Crippen molar-refractivity contribution < 1.29 is 0 Å². The molecule has 0 aliphatic rings. The topological polar surface area (TPSA) is 23.9 Å². The van der Waals surface area contributed by atoms with Gasteiger partial charge in [-0.1, -0.05) is 19.9 Å². The Hall–Kier alpha value is -1.11. The van der Waals surface area contributed by atoms with Crippen LogP contribution in [0.1, 0.15) is 36.1 Å². The number of hydrogen-bond acceptors (Lipinski definition) is 1. The van der Waals surface area contributed by atoms with Gasteiger partial charge in [0.1, 0.15) is 0 Å². The molecule has 0 amide bonds. The third kappa shape index (κ3) is 3.02. The second-order valence-corrected chi connectivity index (χ2v) is 2.94. The van der Waals surface area contributed by atoms with Gasteiger partial charge in [0.05, 0.1) is 0 Å². The second-order valence-electron chi connectivity index (χ2n) is 2.94. The quantitative estimate of drug-likeness (QED) is 0.633. The van der Waals surface area contributed by atoms with Gasteiger partial charge in [-0.05, 0) is 49.1 Å². The van der Waals surface area contributed by atoms with Gasteiger partial charge in [0.25, 0.3) is 0 Å². The SMILES string of the molecule is CC.Cc1cc(C)c(C=N)cc1C. The van der Waals surface area contributed by atoms with E-state index in [0.717, 1.165) is 5.56 Å². The smallest absolute Gasteiger partial charge is 0.0253 e. The molecule has 1 nitrogen and oxygen atoms in total. The van der Waals surface area contributed by atoms with Crippen molar-refractivity contribution in [2.24, 2.45) is 0 Å². The predicted octanol–water partition coefficient (Wildman–Crippen LogP) is 3.64. The lowest BCUT2D eigenvalue weighted by Crippen LogP contribution is -1.90. The van der Waals surface area contributed by atoms with E-state index in [-0.39, 0.29) is 0 Å². The van der Waals surface area contributed by atoms with Gasteiger partial charge in [-0.2, -0.15) is 0 Å². The van der Waals surface area contributed by atoms with Gasteiger partial charge < -0.3 is 5.41 Å². The molecule has 0 aromatic heterocycles. The minimum absolute atomic E-state index is 1.02. The van der Waals surface area contributed by atoms with Crippen molar-refractivity contribution in [2.75, 3.05) is 0 Å². The molecule has 0 atom stereocenters. The number of aryl methyl sites for hydroxylation is 3. The highest BCUT2D eigenvalue weighted by Gasteiger charge is 1.97. The molecule has 72 valence electrons. The first kappa shape index (κ1) is 11.9.